The van der Waals surface area contributed by atoms with Crippen LogP contribution in [0.25, 0.3) is 0 Å². The monoisotopic (exact) mass is 414 g/mol. The smallest absolute Gasteiger partial charge is 0.222 e. The third kappa shape index (κ3) is 5.36. The van der Waals surface area contributed by atoms with E-state index in [-0.39, 0.29) is 0 Å². The van der Waals surface area contributed by atoms with Gasteiger partial charge in [-0.15, -0.1) is 0 Å². The predicted octanol–water partition coefficient (Wildman–Crippen LogP) is 3.61. The number of benzene rings is 1. The fourth-order valence-corrected chi connectivity index (χ4v) is 5.25. The molecule has 0 spiro atoms. The summed E-state index contributed by atoms with van der Waals surface area (Å²) in [7, 11) is 6.04. The Hall–Kier alpha value is -1.59. The number of rotatable bonds is 9. The summed E-state index contributed by atoms with van der Waals surface area (Å²) in [5, 5.41) is 0. The van der Waals surface area contributed by atoms with Crippen LogP contribution in [0.4, 0.5) is 0 Å². The van der Waals surface area contributed by atoms with Gasteiger partial charge in [0.1, 0.15) is 5.75 Å². The Morgan fingerprint density at radius 3 is 2.43 bits per heavy atom. The minimum atomic E-state index is 0.326. The first-order valence-electron chi connectivity index (χ1n) is 11.7. The molecule has 0 radical (unpaired) electrons. The number of ether oxygens (including phenoxy) is 2. The summed E-state index contributed by atoms with van der Waals surface area (Å²) in [5.41, 5.74) is 1.27. The van der Waals surface area contributed by atoms with Crippen molar-refractivity contribution in [3.63, 3.8) is 0 Å². The number of carbonyl (C=O) groups is 1. The van der Waals surface area contributed by atoms with Crippen LogP contribution >= 0.6 is 0 Å². The molecule has 5 heteroatoms. The minimum absolute atomic E-state index is 0.326. The zero-order valence-electron chi connectivity index (χ0n) is 18.9. The van der Waals surface area contributed by atoms with E-state index in [1.165, 1.54) is 18.4 Å². The number of methoxy groups -OCH3 is 1. The van der Waals surface area contributed by atoms with Crippen molar-refractivity contribution in [1.82, 2.24) is 9.80 Å². The van der Waals surface area contributed by atoms with E-state index in [0.717, 1.165) is 57.0 Å². The third-order valence-corrected chi connectivity index (χ3v) is 7.36. The largest absolute Gasteiger partial charge is 0.497 e. The van der Waals surface area contributed by atoms with E-state index in [1.54, 1.807) is 7.11 Å². The van der Waals surface area contributed by atoms with Gasteiger partial charge in [0.25, 0.3) is 0 Å². The number of hydrogen-bond donors (Lipinski definition) is 0. The lowest BCUT2D eigenvalue weighted by Gasteiger charge is -2.41. The summed E-state index contributed by atoms with van der Waals surface area (Å²) >= 11 is 0. The van der Waals surface area contributed by atoms with Crippen LogP contribution in [0, 0.1) is 17.8 Å². The molecule has 0 N–H and O–H groups in total. The average Bonchev–Trinajstić information content (AvgIpc) is 3.48. The zero-order chi connectivity index (χ0) is 21.1. The number of carbonyl (C=O) groups excluding carboxylic acids is 1. The fraction of sp³-hybridized carbons (Fsp3) is 0.720. The Labute approximate surface area is 181 Å². The third-order valence-electron chi connectivity index (χ3n) is 7.36. The average molecular weight is 415 g/mol. The first-order chi connectivity index (χ1) is 14.5. The molecule has 0 bridgehead atoms. The highest BCUT2D eigenvalue weighted by atomic mass is 16.5. The molecule has 1 amide bonds. The van der Waals surface area contributed by atoms with Gasteiger partial charge >= 0.3 is 0 Å². The first kappa shape index (κ1) is 21.6. The summed E-state index contributed by atoms with van der Waals surface area (Å²) in [4.78, 5) is 17.3. The van der Waals surface area contributed by atoms with E-state index in [1.807, 2.05) is 12.1 Å². The van der Waals surface area contributed by atoms with Gasteiger partial charge in [0, 0.05) is 32.2 Å². The van der Waals surface area contributed by atoms with Gasteiger partial charge in [0.15, 0.2) is 0 Å². The van der Waals surface area contributed by atoms with Crippen LogP contribution in [0.2, 0.25) is 0 Å². The van der Waals surface area contributed by atoms with Gasteiger partial charge in [0.2, 0.25) is 5.91 Å². The van der Waals surface area contributed by atoms with Crippen LogP contribution in [-0.2, 0) is 16.0 Å². The second kappa shape index (κ2) is 9.69. The standard InChI is InChI=1S/C25H38N2O3/c1-26(2)23-13-20-15-27(16-21(20)14-24(23)30-17-19-7-8-19)25(28)6-4-5-18-9-11-22(29-3)12-10-18/h9-12,19-21,23-24H,4-8,13-17H2,1-3H3/t20-,21+,23-,24-/m1/s1. The molecule has 4 atom stereocenters. The maximum absolute atomic E-state index is 12.9. The molecule has 0 aromatic heterocycles. The molecule has 1 saturated heterocycles. The Morgan fingerprint density at radius 2 is 1.80 bits per heavy atom. The summed E-state index contributed by atoms with van der Waals surface area (Å²) < 4.78 is 11.6. The second-order valence-electron chi connectivity index (χ2n) is 9.84. The number of likely N-dealkylation sites (tertiary alicyclic amines) is 1. The van der Waals surface area contributed by atoms with E-state index in [9.17, 15) is 4.79 Å². The molecule has 3 fully saturated rings. The van der Waals surface area contributed by atoms with E-state index >= 15 is 0 Å². The maximum atomic E-state index is 12.9. The summed E-state index contributed by atoms with van der Waals surface area (Å²) in [6.45, 7) is 2.79. The molecule has 3 aliphatic rings. The quantitative estimate of drug-likeness (QED) is 0.619. The molecule has 2 aliphatic carbocycles. The lowest BCUT2D eigenvalue weighted by Crippen LogP contribution is -2.48. The van der Waals surface area contributed by atoms with Gasteiger partial charge in [-0.05, 0) is 88.1 Å². The minimum Gasteiger partial charge on any atom is -0.497 e. The first-order valence-corrected chi connectivity index (χ1v) is 11.7. The molecule has 1 aromatic rings. The van der Waals surface area contributed by atoms with Gasteiger partial charge in [-0.3, -0.25) is 4.79 Å². The van der Waals surface area contributed by atoms with Crippen LogP contribution in [0.3, 0.4) is 0 Å². The number of hydrogen-bond acceptors (Lipinski definition) is 4. The highest BCUT2D eigenvalue weighted by Gasteiger charge is 2.44. The SMILES string of the molecule is COc1ccc(CCCC(=O)N2C[C@H]3C[C@@H](N(C)C)[C@H](OCC4CC4)C[C@H]3C2)cc1. The van der Waals surface area contributed by atoms with Crippen LogP contribution in [0.1, 0.15) is 44.1 Å². The number of likely N-dealkylation sites (N-methyl/N-ethyl adjacent to an activating group) is 1. The van der Waals surface area contributed by atoms with Crippen LogP contribution in [0.15, 0.2) is 24.3 Å². The van der Waals surface area contributed by atoms with E-state index in [2.05, 4.69) is 36.0 Å². The van der Waals surface area contributed by atoms with Crippen molar-refractivity contribution in [1.29, 1.82) is 0 Å². The summed E-state index contributed by atoms with van der Waals surface area (Å²) in [6, 6.07) is 8.65. The highest BCUT2D eigenvalue weighted by Crippen LogP contribution is 2.40. The lowest BCUT2D eigenvalue weighted by molar-refractivity contribution is -0.130. The van der Waals surface area contributed by atoms with Gasteiger partial charge in [0.05, 0.1) is 13.2 Å². The Balaban J connectivity index is 1.25. The normalized spacial score (nSPS) is 28.6. The molecule has 1 aliphatic heterocycles. The molecule has 30 heavy (non-hydrogen) atoms. The molecule has 1 aromatic carbocycles. The van der Waals surface area contributed by atoms with Crippen molar-refractivity contribution >= 4 is 5.91 Å². The van der Waals surface area contributed by atoms with Crippen molar-refractivity contribution in [2.45, 2.75) is 57.1 Å². The number of aryl methyl sites for hydroxylation is 1. The van der Waals surface area contributed by atoms with Crippen molar-refractivity contribution in [2.24, 2.45) is 17.8 Å². The Bertz CT molecular complexity index is 701. The topological polar surface area (TPSA) is 42.0 Å². The lowest BCUT2D eigenvalue weighted by atomic mass is 9.77. The maximum Gasteiger partial charge on any atom is 0.222 e. The van der Waals surface area contributed by atoms with Crippen LogP contribution < -0.4 is 4.74 Å². The number of fused-ring (bicyclic) bond motifs is 1. The van der Waals surface area contributed by atoms with E-state index in [0.29, 0.717) is 36.3 Å². The van der Waals surface area contributed by atoms with Crippen molar-refractivity contribution in [3.8, 4) is 5.75 Å². The summed E-state index contributed by atoms with van der Waals surface area (Å²) in [5.74, 6) is 3.25. The van der Waals surface area contributed by atoms with Gasteiger partial charge in [-0.1, -0.05) is 12.1 Å². The molecule has 166 valence electrons. The van der Waals surface area contributed by atoms with Gasteiger partial charge in [-0.25, -0.2) is 0 Å². The molecule has 1 heterocycles. The van der Waals surface area contributed by atoms with E-state index in [4.69, 9.17) is 9.47 Å². The molecule has 4 rings (SSSR count). The molecule has 5 nitrogen and oxygen atoms in total. The van der Waals surface area contributed by atoms with Crippen LogP contribution in [0.5, 0.6) is 5.75 Å². The second-order valence-corrected chi connectivity index (χ2v) is 9.84. The summed E-state index contributed by atoms with van der Waals surface area (Å²) in [6.07, 6.45) is 7.75. The Morgan fingerprint density at radius 1 is 1.10 bits per heavy atom. The zero-order valence-corrected chi connectivity index (χ0v) is 18.9. The Kier molecular flexibility index (Phi) is 6.99. The predicted molar refractivity (Wildman–Crippen MR) is 119 cm³/mol. The van der Waals surface area contributed by atoms with Crippen molar-refractivity contribution in [3.05, 3.63) is 29.8 Å². The van der Waals surface area contributed by atoms with Crippen molar-refractivity contribution < 1.29 is 14.3 Å². The van der Waals surface area contributed by atoms with Gasteiger partial charge in [-0.2, -0.15) is 0 Å². The molecule has 0 unspecified atom stereocenters. The van der Waals surface area contributed by atoms with Crippen LogP contribution in [-0.4, -0.2) is 68.8 Å². The molecular formula is C25H38N2O3. The number of amides is 1. The fourth-order valence-electron chi connectivity index (χ4n) is 5.25. The van der Waals surface area contributed by atoms with Crippen molar-refractivity contribution in [2.75, 3.05) is 40.9 Å². The molecule has 2 saturated carbocycles. The highest BCUT2D eigenvalue weighted by molar-refractivity contribution is 5.76. The van der Waals surface area contributed by atoms with Gasteiger partial charge < -0.3 is 19.3 Å². The van der Waals surface area contributed by atoms with E-state index < -0.39 is 0 Å². The molecular weight excluding hydrogens is 376 g/mol. The number of nitrogens with zero attached hydrogens (tertiary/aromatic N) is 2.